The van der Waals surface area contributed by atoms with E-state index in [-0.39, 0.29) is 0 Å². The van der Waals surface area contributed by atoms with E-state index in [2.05, 4.69) is 19.2 Å². The lowest BCUT2D eigenvalue weighted by Gasteiger charge is -2.37. The van der Waals surface area contributed by atoms with Crippen molar-refractivity contribution in [2.75, 3.05) is 19.8 Å². The molecule has 0 spiro atoms. The number of rotatable bonds is 3. The number of ether oxygens (including phenoxy) is 1. The van der Waals surface area contributed by atoms with Crippen LogP contribution in [0.4, 0.5) is 0 Å². The molecule has 0 aromatic carbocycles. The Balaban J connectivity index is 1.76. The van der Waals surface area contributed by atoms with E-state index in [1.807, 2.05) is 0 Å². The van der Waals surface area contributed by atoms with Gasteiger partial charge in [-0.05, 0) is 31.1 Å². The van der Waals surface area contributed by atoms with Gasteiger partial charge in [0.25, 0.3) is 0 Å². The molecule has 1 heterocycles. The molecule has 0 aromatic heterocycles. The predicted octanol–water partition coefficient (Wildman–Crippen LogP) is 1.94. The first-order valence-corrected chi connectivity index (χ1v) is 7.11. The Morgan fingerprint density at radius 1 is 1.12 bits per heavy atom. The molecule has 2 rings (SSSR count). The highest BCUT2D eigenvalue weighted by Crippen LogP contribution is 2.29. The van der Waals surface area contributed by atoms with E-state index in [0.717, 1.165) is 31.2 Å². The van der Waals surface area contributed by atoms with Crippen molar-refractivity contribution in [1.29, 1.82) is 0 Å². The summed E-state index contributed by atoms with van der Waals surface area (Å²) in [6, 6.07) is 0.598. The third kappa shape index (κ3) is 3.94. The van der Waals surface area contributed by atoms with Gasteiger partial charge in [-0.1, -0.05) is 13.8 Å². The fourth-order valence-corrected chi connectivity index (χ4v) is 3.38. The minimum Gasteiger partial charge on any atom is -0.388 e. The summed E-state index contributed by atoms with van der Waals surface area (Å²) in [5.41, 5.74) is -0.526. The van der Waals surface area contributed by atoms with Gasteiger partial charge in [0.1, 0.15) is 0 Å². The fraction of sp³-hybridized carbons (Fsp3) is 1.00. The second-order valence-corrected chi connectivity index (χ2v) is 6.33. The van der Waals surface area contributed by atoms with Crippen molar-refractivity contribution in [2.24, 2.45) is 11.8 Å². The van der Waals surface area contributed by atoms with Crippen molar-refractivity contribution in [1.82, 2.24) is 5.32 Å². The van der Waals surface area contributed by atoms with Crippen LogP contribution in [0.25, 0.3) is 0 Å². The molecule has 2 aliphatic rings. The van der Waals surface area contributed by atoms with Gasteiger partial charge in [-0.2, -0.15) is 0 Å². The smallest absolute Gasteiger partial charge is 0.0815 e. The lowest BCUT2D eigenvalue weighted by atomic mass is 9.80. The maximum atomic E-state index is 10.4. The van der Waals surface area contributed by atoms with Crippen LogP contribution < -0.4 is 5.32 Å². The zero-order chi connectivity index (χ0) is 12.3. The Bertz CT molecular complexity index is 228. The molecule has 2 fully saturated rings. The highest BCUT2D eigenvalue weighted by atomic mass is 16.5. The van der Waals surface area contributed by atoms with Gasteiger partial charge in [0.15, 0.2) is 0 Å². The lowest BCUT2D eigenvalue weighted by Crippen LogP contribution is -2.49. The van der Waals surface area contributed by atoms with Crippen LogP contribution in [0.1, 0.15) is 46.0 Å². The number of aliphatic hydroxyl groups is 1. The summed E-state index contributed by atoms with van der Waals surface area (Å²) in [7, 11) is 0. The summed E-state index contributed by atoms with van der Waals surface area (Å²) in [4.78, 5) is 0. The summed E-state index contributed by atoms with van der Waals surface area (Å²) in [5, 5.41) is 14.0. The molecule has 100 valence electrons. The van der Waals surface area contributed by atoms with E-state index in [9.17, 15) is 5.11 Å². The van der Waals surface area contributed by atoms with Gasteiger partial charge in [-0.25, -0.2) is 0 Å². The quantitative estimate of drug-likeness (QED) is 0.793. The molecular weight excluding hydrogens is 214 g/mol. The third-order valence-electron chi connectivity index (χ3n) is 4.32. The molecule has 2 N–H and O–H groups in total. The maximum Gasteiger partial charge on any atom is 0.0815 e. The minimum atomic E-state index is -0.526. The van der Waals surface area contributed by atoms with E-state index in [1.165, 1.54) is 19.3 Å². The van der Waals surface area contributed by atoms with Gasteiger partial charge in [-0.3, -0.25) is 0 Å². The molecular formula is C14H27NO2. The molecule has 0 aromatic rings. The topological polar surface area (TPSA) is 41.5 Å². The van der Waals surface area contributed by atoms with Crippen molar-refractivity contribution in [3.63, 3.8) is 0 Å². The van der Waals surface area contributed by atoms with E-state index < -0.39 is 5.60 Å². The van der Waals surface area contributed by atoms with E-state index in [1.54, 1.807) is 0 Å². The van der Waals surface area contributed by atoms with Crippen LogP contribution in [-0.4, -0.2) is 36.5 Å². The first kappa shape index (κ1) is 13.3. The molecule has 1 saturated carbocycles. The summed E-state index contributed by atoms with van der Waals surface area (Å²) < 4.78 is 5.30. The SMILES string of the molecule is CC1CC(C)CC(NCC2(O)CCOCC2)C1. The van der Waals surface area contributed by atoms with Crippen LogP contribution in [0.15, 0.2) is 0 Å². The van der Waals surface area contributed by atoms with Crippen LogP contribution in [0, 0.1) is 11.8 Å². The maximum absolute atomic E-state index is 10.4. The van der Waals surface area contributed by atoms with Gasteiger partial charge >= 0.3 is 0 Å². The van der Waals surface area contributed by atoms with Crippen LogP contribution >= 0.6 is 0 Å². The van der Waals surface area contributed by atoms with Crippen molar-refractivity contribution >= 4 is 0 Å². The molecule has 1 aliphatic heterocycles. The van der Waals surface area contributed by atoms with Crippen LogP contribution in [0.3, 0.4) is 0 Å². The van der Waals surface area contributed by atoms with E-state index in [0.29, 0.717) is 19.3 Å². The van der Waals surface area contributed by atoms with Crippen LogP contribution in [-0.2, 0) is 4.74 Å². The summed E-state index contributed by atoms with van der Waals surface area (Å²) >= 11 is 0. The number of hydrogen-bond acceptors (Lipinski definition) is 3. The van der Waals surface area contributed by atoms with Crippen LogP contribution in [0.5, 0.6) is 0 Å². The molecule has 3 heteroatoms. The van der Waals surface area contributed by atoms with Crippen LogP contribution in [0.2, 0.25) is 0 Å². The third-order valence-corrected chi connectivity index (χ3v) is 4.32. The molecule has 0 amide bonds. The average molecular weight is 241 g/mol. The first-order valence-electron chi connectivity index (χ1n) is 7.11. The largest absolute Gasteiger partial charge is 0.388 e. The Kier molecular flexibility index (Phi) is 4.45. The normalized spacial score (nSPS) is 37.9. The monoisotopic (exact) mass is 241 g/mol. The highest BCUT2D eigenvalue weighted by molar-refractivity contribution is 4.87. The predicted molar refractivity (Wildman–Crippen MR) is 69.0 cm³/mol. The second kappa shape index (κ2) is 5.68. The Labute approximate surface area is 105 Å². The Hall–Kier alpha value is -0.120. The summed E-state index contributed by atoms with van der Waals surface area (Å²) in [6.07, 6.45) is 5.43. The zero-order valence-electron chi connectivity index (χ0n) is 11.2. The van der Waals surface area contributed by atoms with Gasteiger partial charge in [0.05, 0.1) is 5.60 Å². The molecule has 0 radical (unpaired) electrons. The molecule has 2 atom stereocenters. The summed E-state index contributed by atoms with van der Waals surface area (Å²) in [6.45, 7) is 6.83. The second-order valence-electron chi connectivity index (χ2n) is 6.33. The first-order chi connectivity index (χ1) is 8.07. The number of hydrogen-bond donors (Lipinski definition) is 2. The van der Waals surface area contributed by atoms with E-state index in [4.69, 9.17) is 4.74 Å². The van der Waals surface area contributed by atoms with Gasteiger partial charge < -0.3 is 15.2 Å². The van der Waals surface area contributed by atoms with Gasteiger partial charge in [-0.15, -0.1) is 0 Å². The lowest BCUT2D eigenvalue weighted by molar-refractivity contribution is -0.0637. The fourth-order valence-electron chi connectivity index (χ4n) is 3.38. The average Bonchev–Trinajstić information content (AvgIpc) is 2.26. The molecule has 3 nitrogen and oxygen atoms in total. The zero-order valence-corrected chi connectivity index (χ0v) is 11.2. The molecule has 1 aliphatic carbocycles. The summed E-state index contributed by atoms with van der Waals surface area (Å²) in [5.74, 6) is 1.64. The minimum absolute atomic E-state index is 0.526. The van der Waals surface area contributed by atoms with E-state index >= 15 is 0 Å². The highest BCUT2D eigenvalue weighted by Gasteiger charge is 2.31. The van der Waals surface area contributed by atoms with Gasteiger partial charge in [0, 0.05) is 38.6 Å². The van der Waals surface area contributed by atoms with Crippen molar-refractivity contribution in [2.45, 2.75) is 57.6 Å². The molecule has 1 saturated heterocycles. The Morgan fingerprint density at radius 3 is 2.29 bits per heavy atom. The van der Waals surface area contributed by atoms with Crippen molar-refractivity contribution in [3.8, 4) is 0 Å². The molecule has 2 unspecified atom stereocenters. The standard InChI is InChI=1S/C14H27NO2/c1-11-7-12(2)9-13(8-11)15-10-14(16)3-5-17-6-4-14/h11-13,15-16H,3-10H2,1-2H3. The molecule has 0 bridgehead atoms. The van der Waals surface area contributed by atoms with Gasteiger partial charge in [0.2, 0.25) is 0 Å². The van der Waals surface area contributed by atoms with Crippen molar-refractivity contribution in [3.05, 3.63) is 0 Å². The molecule has 17 heavy (non-hydrogen) atoms. The number of nitrogens with one attached hydrogen (secondary N) is 1. The Morgan fingerprint density at radius 2 is 1.71 bits per heavy atom. The van der Waals surface area contributed by atoms with Crippen molar-refractivity contribution < 1.29 is 9.84 Å².